The topological polar surface area (TPSA) is 60.3 Å². The molecular weight excluding hydrogens is 476 g/mol. The summed E-state index contributed by atoms with van der Waals surface area (Å²) in [6.07, 6.45) is 9.59. The smallest absolute Gasteiger partial charge is 0.171 e. The molecule has 0 N–H and O–H groups in total. The molecule has 0 unspecified atom stereocenters. The van der Waals surface area contributed by atoms with E-state index in [0.717, 1.165) is 36.3 Å². The van der Waals surface area contributed by atoms with E-state index in [0.29, 0.717) is 36.0 Å². The first-order valence-electron chi connectivity index (χ1n) is 13.5. The van der Waals surface area contributed by atoms with Gasteiger partial charge in [0, 0.05) is 50.6 Å². The van der Waals surface area contributed by atoms with Crippen molar-refractivity contribution in [3.63, 3.8) is 0 Å². The molecule has 3 heterocycles. The molecule has 196 valence electrons. The van der Waals surface area contributed by atoms with Crippen molar-refractivity contribution < 1.29 is 9.53 Å². The van der Waals surface area contributed by atoms with E-state index in [1.165, 1.54) is 12.1 Å². The predicted molar refractivity (Wildman–Crippen MR) is 154 cm³/mol. The Hall–Kier alpha value is -2.77. The number of carbonyl (C=O) groups is 1. The fourth-order valence-electron chi connectivity index (χ4n) is 5.27. The molecule has 0 bridgehead atoms. The van der Waals surface area contributed by atoms with Crippen LogP contribution in [0.1, 0.15) is 37.6 Å². The Morgan fingerprint density at radius 3 is 2.73 bits per heavy atom. The largest absolute Gasteiger partial charge is 0.371 e. The van der Waals surface area contributed by atoms with Crippen LogP contribution in [-0.4, -0.2) is 48.1 Å². The number of allylic oxidation sites excluding steroid dienone is 1. The molecule has 1 aliphatic heterocycles. The van der Waals surface area contributed by atoms with Gasteiger partial charge in [0.1, 0.15) is 12.2 Å². The van der Waals surface area contributed by atoms with Gasteiger partial charge in [-0.3, -0.25) is 4.79 Å². The molecule has 1 fully saturated rings. The number of ketones is 1. The number of fused-ring (bicyclic) bond motifs is 2. The van der Waals surface area contributed by atoms with Gasteiger partial charge >= 0.3 is 0 Å². The first-order chi connectivity index (χ1) is 17.5. The van der Waals surface area contributed by atoms with Crippen LogP contribution in [0, 0.1) is 17.3 Å². The van der Waals surface area contributed by atoms with Gasteiger partial charge in [-0.1, -0.05) is 64.7 Å². The van der Waals surface area contributed by atoms with Crippen molar-refractivity contribution in [3.8, 4) is 11.3 Å². The standard InChI is InChI=1S/C30H40N4O2Si/c1-30(2,3)28(35)25-19-34(20-36-13-14-37(4,5)6)29-27(25)32-26(16-31-29)21-9-8-12-24(15-21)33-17-22-10-7-11-23(22)18-33/h7-10,12,15-16,19,22-23H,11,13-14,17-18,20H2,1-6H3/t22-,23+/m1/s1. The number of hydrogen-bond acceptors (Lipinski definition) is 5. The monoisotopic (exact) mass is 516 g/mol. The van der Waals surface area contributed by atoms with Gasteiger partial charge in [0.25, 0.3) is 0 Å². The summed E-state index contributed by atoms with van der Waals surface area (Å²) in [7, 11) is -1.18. The van der Waals surface area contributed by atoms with Gasteiger partial charge in [0.2, 0.25) is 0 Å². The zero-order chi connectivity index (χ0) is 26.4. The van der Waals surface area contributed by atoms with E-state index in [1.807, 2.05) is 37.7 Å². The SMILES string of the molecule is CC(C)(C)C(=O)c1cn(COCC[Si](C)(C)C)c2ncc(-c3cccc(N4C[C@@H]5CC=C[C@@H]5C4)c3)nc12. The molecule has 1 aromatic carbocycles. The van der Waals surface area contributed by atoms with Gasteiger partial charge in [-0.25, -0.2) is 9.97 Å². The Kier molecular flexibility index (Phi) is 6.88. The Morgan fingerprint density at radius 2 is 2.00 bits per heavy atom. The Morgan fingerprint density at radius 1 is 1.19 bits per heavy atom. The molecular formula is C30H40N4O2Si. The highest BCUT2D eigenvalue weighted by molar-refractivity contribution is 6.76. The minimum absolute atomic E-state index is 0.0650. The number of Topliss-reactive ketones (excluding diaryl/α,β-unsaturated/α-hetero) is 1. The van der Waals surface area contributed by atoms with Gasteiger partial charge in [0.05, 0.1) is 17.5 Å². The highest BCUT2D eigenvalue weighted by Crippen LogP contribution is 2.36. The number of nitrogens with zero attached hydrogens (tertiary/aromatic N) is 4. The van der Waals surface area contributed by atoms with E-state index in [-0.39, 0.29) is 5.78 Å². The van der Waals surface area contributed by atoms with Gasteiger partial charge in [-0.05, 0) is 36.4 Å². The maximum absolute atomic E-state index is 13.4. The lowest BCUT2D eigenvalue weighted by atomic mass is 9.87. The van der Waals surface area contributed by atoms with E-state index in [4.69, 9.17) is 14.7 Å². The molecule has 37 heavy (non-hydrogen) atoms. The van der Waals surface area contributed by atoms with Crippen LogP contribution in [0.2, 0.25) is 25.7 Å². The third-order valence-corrected chi connectivity index (χ3v) is 9.24. The van der Waals surface area contributed by atoms with Crippen LogP contribution in [-0.2, 0) is 11.5 Å². The summed E-state index contributed by atoms with van der Waals surface area (Å²) in [4.78, 5) is 25.7. The molecule has 3 aromatic rings. The molecule has 5 rings (SSSR count). The number of aromatic nitrogens is 3. The fraction of sp³-hybridized carbons (Fsp3) is 0.500. The summed E-state index contributed by atoms with van der Waals surface area (Å²) in [5.41, 5.74) is 4.47. The highest BCUT2D eigenvalue weighted by Gasteiger charge is 2.33. The predicted octanol–water partition coefficient (Wildman–Crippen LogP) is 6.65. The van der Waals surface area contributed by atoms with E-state index in [9.17, 15) is 4.79 Å². The Labute approximate surface area is 221 Å². The molecule has 0 spiro atoms. The van der Waals surface area contributed by atoms with E-state index in [2.05, 4.69) is 61.0 Å². The Bertz CT molecular complexity index is 1330. The van der Waals surface area contributed by atoms with Gasteiger partial charge in [-0.15, -0.1) is 0 Å². The molecule has 2 aromatic heterocycles. The number of carbonyl (C=O) groups excluding carboxylic acids is 1. The molecule has 0 radical (unpaired) electrons. The minimum Gasteiger partial charge on any atom is -0.371 e. The number of ether oxygens (including phenoxy) is 1. The second-order valence-electron chi connectivity index (χ2n) is 12.9. The molecule has 1 aliphatic carbocycles. The third-order valence-electron chi connectivity index (χ3n) is 7.54. The maximum Gasteiger partial charge on any atom is 0.171 e. The third kappa shape index (κ3) is 5.58. The number of anilines is 1. The van der Waals surface area contributed by atoms with Crippen LogP contribution in [0.15, 0.2) is 48.8 Å². The lowest BCUT2D eigenvalue weighted by Gasteiger charge is -2.19. The van der Waals surface area contributed by atoms with Crippen LogP contribution in [0.3, 0.4) is 0 Å². The highest BCUT2D eigenvalue weighted by atomic mass is 28.3. The summed E-state index contributed by atoms with van der Waals surface area (Å²) in [6, 6.07) is 9.67. The molecule has 1 saturated heterocycles. The summed E-state index contributed by atoms with van der Waals surface area (Å²) in [6.45, 7) is 16.1. The number of hydrogen-bond donors (Lipinski definition) is 0. The molecule has 2 atom stereocenters. The number of rotatable bonds is 8. The summed E-state index contributed by atoms with van der Waals surface area (Å²) >= 11 is 0. The molecule has 2 aliphatic rings. The second-order valence-corrected chi connectivity index (χ2v) is 18.5. The average Bonchev–Trinajstić information content (AvgIpc) is 3.54. The van der Waals surface area contributed by atoms with Crippen molar-refractivity contribution in [3.05, 3.63) is 54.4 Å². The molecule has 7 heteroatoms. The summed E-state index contributed by atoms with van der Waals surface area (Å²) in [5, 5.41) is 0. The summed E-state index contributed by atoms with van der Waals surface area (Å²) in [5.74, 6) is 1.46. The van der Waals surface area contributed by atoms with Gasteiger partial charge in [0.15, 0.2) is 11.4 Å². The Balaban J connectivity index is 1.45. The van der Waals surface area contributed by atoms with Crippen molar-refractivity contribution >= 4 is 30.7 Å². The quantitative estimate of drug-likeness (QED) is 0.145. The van der Waals surface area contributed by atoms with Crippen molar-refractivity contribution in [1.29, 1.82) is 0 Å². The van der Waals surface area contributed by atoms with Crippen molar-refractivity contribution in [2.45, 2.75) is 59.6 Å². The van der Waals surface area contributed by atoms with Crippen molar-refractivity contribution in [1.82, 2.24) is 14.5 Å². The van der Waals surface area contributed by atoms with Crippen LogP contribution >= 0.6 is 0 Å². The second kappa shape index (κ2) is 9.84. The minimum atomic E-state index is -1.18. The average molecular weight is 517 g/mol. The molecule has 0 amide bonds. The fourth-order valence-corrected chi connectivity index (χ4v) is 6.02. The first-order valence-corrected chi connectivity index (χ1v) is 17.2. The van der Waals surface area contributed by atoms with Crippen molar-refractivity contribution in [2.75, 3.05) is 24.6 Å². The van der Waals surface area contributed by atoms with Crippen LogP contribution < -0.4 is 4.90 Å². The lowest BCUT2D eigenvalue weighted by Crippen LogP contribution is -2.22. The number of benzene rings is 1. The molecule has 0 saturated carbocycles. The van der Waals surface area contributed by atoms with E-state index >= 15 is 0 Å². The van der Waals surface area contributed by atoms with Crippen LogP contribution in [0.4, 0.5) is 5.69 Å². The van der Waals surface area contributed by atoms with Crippen LogP contribution in [0.25, 0.3) is 22.4 Å². The van der Waals surface area contributed by atoms with Crippen LogP contribution in [0.5, 0.6) is 0 Å². The zero-order valence-electron chi connectivity index (χ0n) is 23.1. The van der Waals surface area contributed by atoms with Crippen molar-refractivity contribution in [2.24, 2.45) is 17.3 Å². The normalized spacial score (nSPS) is 19.7. The van der Waals surface area contributed by atoms with E-state index < -0.39 is 13.5 Å². The maximum atomic E-state index is 13.4. The summed E-state index contributed by atoms with van der Waals surface area (Å²) < 4.78 is 7.94. The van der Waals surface area contributed by atoms with Gasteiger partial charge in [-0.2, -0.15) is 0 Å². The molecule has 6 nitrogen and oxygen atoms in total. The zero-order valence-corrected chi connectivity index (χ0v) is 24.1. The van der Waals surface area contributed by atoms with E-state index in [1.54, 1.807) is 0 Å². The first kappa shape index (κ1) is 25.9. The van der Waals surface area contributed by atoms with Gasteiger partial charge < -0.3 is 14.2 Å². The lowest BCUT2D eigenvalue weighted by molar-refractivity contribution is 0.0849.